The molecule has 0 spiro atoms. The second kappa shape index (κ2) is 6.93. The van der Waals surface area contributed by atoms with Crippen LogP contribution in [0.3, 0.4) is 0 Å². The molecule has 6 nitrogen and oxygen atoms in total. The lowest BCUT2D eigenvalue weighted by Gasteiger charge is -2.46. The molecule has 0 aliphatic carbocycles. The first-order valence-electron chi connectivity index (χ1n) is 9.92. The molecule has 2 saturated heterocycles. The number of nitrogens with zero attached hydrogens (tertiary/aromatic N) is 5. The number of hydrogen-bond acceptors (Lipinski definition) is 5. The number of rotatable bonds is 3. The molecule has 6 heteroatoms. The van der Waals surface area contributed by atoms with Gasteiger partial charge in [-0.1, -0.05) is 18.2 Å². The number of piperidine rings is 1. The van der Waals surface area contributed by atoms with E-state index in [0.717, 1.165) is 44.4 Å². The Bertz CT molecular complexity index is 826. The molecule has 0 N–H and O–H groups in total. The van der Waals surface area contributed by atoms with E-state index in [1.807, 2.05) is 35.5 Å². The van der Waals surface area contributed by atoms with E-state index in [0.29, 0.717) is 18.4 Å². The van der Waals surface area contributed by atoms with E-state index in [9.17, 15) is 4.79 Å². The molecule has 3 aliphatic rings. The SMILES string of the molecule is O=C1Cc2ccccc2N1C[C@@H]1CCC2CN(c3ncccn3)CCN2C1. The fourth-order valence-corrected chi connectivity index (χ4v) is 4.82. The van der Waals surface area contributed by atoms with Gasteiger partial charge in [0.2, 0.25) is 11.9 Å². The van der Waals surface area contributed by atoms with Crippen molar-refractivity contribution >= 4 is 17.5 Å². The molecule has 5 rings (SSSR count). The number of carbonyl (C=O) groups is 1. The van der Waals surface area contributed by atoms with Crippen molar-refractivity contribution in [1.82, 2.24) is 14.9 Å². The molecule has 0 bridgehead atoms. The van der Waals surface area contributed by atoms with E-state index in [2.05, 4.69) is 31.9 Å². The number of carbonyl (C=O) groups excluding carboxylic acids is 1. The van der Waals surface area contributed by atoms with E-state index >= 15 is 0 Å². The summed E-state index contributed by atoms with van der Waals surface area (Å²) < 4.78 is 0. The molecule has 3 aliphatic heterocycles. The zero-order valence-corrected chi connectivity index (χ0v) is 15.5. The standard InChI is InChI=1S/C21H25N5O/c27-20-12-17-4-1-2-5-19(17)26(20)14-16-6-7-18-15-25(11-10-24(18)13-16)21-22-8-3-9-23-21/h1-5,8-9,16,18H,6-7,10-15H2/t16-,18?/m1/s1. The molecule has 0 saturated carbocycles. The third-order valence-electron chi connectivity index (χ3n) is 6.21. The average Bonchev–Trinajstić information content (AvgIpc) is 3.03. The van der Waals surface area contributed by atoms with E-state index < -0.39 is 0 Å². The first-order valence-corrected chi connectivity index (χ1v) is 9.92. The van der Waals surface area contributed by atoms with Crippen molar-refractivity contribution in [3.8, 4) is 0 Å². The summed E-state index contributed by atoms with van der Waals surface area (Å²) in [5.41, 5.74) is 2.29. The normalized spacial score (nSPS) is 25.4. The maximum absolute atomic E-state index is 12.5. The van der Waals surface area contributed by atoms with Gasteiger partial charge in [0.05, 0.1) is 6.42 Å². The number of benzene rings is 1. The van der Waals surface area contributed by atoms with Crippen molar-refractivity contribution < 1.29 is 4.79 Å². The Morgan fingerprint density at radius 1 is 1.00 bits per heavy atom. The number of anilines is 2. The van der Waals surface area contributed by atoms with Gasteiger partial charge < -0.3 is 9.80 Å². The van der Waals surface area contributed by atoms with E-state index in [1.165, 1.54) is 18.4 Å². The maximum Gasteiger partial charge on any atom is 0.231 e. The molecule has 27 heavy (non-hydrogen) atoms. The lowest BCUT2D eigenvalue weighted by atomic mass is 9.90. The minimum Gasteiger partial charge on any atom is -0.338 e. The highest BCUT2D eigenvalue weighted by Crippen LogP contribution is 2.32. The fraction of sp³-hybridized carbons (Fsp3) is 0.476. The Labute approximate surface area is 159 Å². The molecule has 1 amide bonds. The van der Waals surface area contributed by atoms with Crippen molar-refractivity contribution in [2.75, 3.05) is 42.5 Å². The molecular weight excluding hydrogens is 338 g/mol. The van der Waals surface area contributed by atoms with Crippen LogP contribution in [0.4, 0.5) is 11.6 Å². The van der Waals surface area contributed by atoms with Crippen LogP contribution in [0.5, 0.6) is 0 Å². The van der Waals surface area contributed by atoms with Gasteiger partial charge in [0.1, 0.15) is 0 Å². The number of para-hydroxylation sites is 1. The minimum atomic E-state index is 0.254. The van der Waals surface area contributed by atoms with Crippen molar-refractivity contribution in [1.29, 1.82) is 0 Å². The van der Waals surface area contributed by atoms with Gasteiger partial charge in [-0.2, -0.15) is 0 Å². The van der Waals surface area contributed by atoms with Gasteiger partial charge in [0, 0.05) is 56.8 Å². The van der Waals surface area contributed by atoms with Crippen molar-refractivity contribution in [3.05, 3.63) is 48.3 Å². The second-order valence-electron chi connectivity index (χ2n) is 7.90. The number of amides is 1. The van der Waals surface area contributed by atoms with Crippen molar-refractivity contribution in [3.63, 3.8) is 0 Å². The predicted octanol–water partition coefficient (Wildman–Crippen LogP) is 1.97. The van der Waals surface area contributed by atoms with E-state index in [1.54, 1.807) is 0 Å². The zero-order chi connectivity index (χ0) is 18.2. The summed E-state index contributed by atoms with van der Waals surface area (Å²) in [4.78, 5) is 28.2. The maximum atomic E-state index is 12.5. The van der Waals surface area contributed by atoms with Gasteiger partial charge in [-0.15, -0.1) is 0 Å². The van der Waals surface area contributed by atoms with Gasteiger partial charge in [-0.05, 0) is 36.5 Å². The van der Waals surface area contributed by atoms with Crippen LogP contribution in [-0.2, 0) is 11.2 Å². The van der Waals surface area contributed by atoms with Crippen LogP contribution < -0.4 is 9.80 Å². The van der Waals surface area contributed by atoms with Gasteiger partial charge in [0.25, 0.3) is 0 Å². The summed E-state index contributed by atoms with van der Waals surface area (Å²) in [6.45, 7) is 4.95. The molecule has 1 aromatic heterocycles. The summed E-state index contributed by atoms with van der Waals surface area (Å²) >= 11 is 0. The molecular formula is C21H25N5O. The average molecular weight is 363 g/mol. The highest BCUT2D eigenvalue weighted by molar-refractivity contribution is 6.01. The first kappa shape index (κ1) is 16.7. The highest BCUT2D eigenvalue weighted by atomic mass is 16.2. The Balaban J connectivity index is 1.22. The Morgan fingerprint density at radius 2 is 1.85 bits per heavy atom. The first-order chi connectivity index (χ1) is 13.3. The van der Waals surface area contributed by atoms with Crippen LogP contribution in [0.1, 0.15) is 18.4 Å². The van der Waals surface area contributed by atoms with Crippen LogP contribution >= 0.6 is 0 Å². The van der Waals surface area contributed by atoms with Crippen molar-refractivity contribution in [2.45, 2.75) is 25.3 Å². The summed E-state index contributed by atoms with van der Waals surface area (Å²) in [5, 5.41) is 0. The number of aromatic nitrogens is 2. The largest absolute Gasteiger partial charge is 0.338 e. The lowest BCUT2D eigenvalue weighted by Crippen LogP contribution is -2.57. The number of piperazine rings is 1. The third kappa shape index (κ3) is 3.18. The lowest BCUT2D eigenvalue weighted by molar-refractivity contribution is -0.117. The van der Waals surface area contributed by atoms with Crippen molar-refractivity contribution in [2.24, 2.45) is 5.92 Å². The molecule has 0 radical (unpaired) electrons. The smallest absolute Gasteiger partial charge is 0.231 e. The van der Waals surface area contributed by atoms with Crippen LogP contribution in [0, 0.1) is 5.92 Å². The second-order valence-corrected chi connectivity index (χ2v) is 7.90. The van der Waals surface area contributed by atoms with Crippen LogP contribution in [0.2, 0.25) is 0 Å². The highest BCUT2D eigenvalue weighted by Gasteiger charge is 2.36. The van der Waals surface area contributed by atoms with E-state index in [4.69, 9.17) is 0 Å². The number of hydrogen-bond donors (Lipinski definition) is 0. The van der Waals surface area contributed by atoms with Crippen LogP contribution in [-0.4, -0.2) is 59.5 Å². The predicted molar refractivity (Wildman–Crippen MR) is 105 cm³/mol. The van der Waals surface area contributed by atoms with E-state index in [-0.39, 0.29) is 5.91 Å². The molecule has 4 heterocycles. The molecule has 2 fully saturated rings. The molecule has 140 valence electrons. The summed E-state index contributed by atoms with van der Waals surface area (Å²) in [7, 11) is 0. The molecule has 2 aromatic rings. The third-order valence-corrected chi connectivity index (χ3v) is 6.21. The molecule has 1 unspecified atom stereocenters. The Kier molecular flexibility index (Phi) is 4.28. The number of fused-ring (bicyclic) bond motifs is 2. The quantitative estimate of drug-likeness (QED) is 0.835. The van der Waals surface area contributed by atoms with Crippen LogP contribution in [0.25, 0.3) is 0 Å². The minimum absolute atomic E-state index is 0.254. The Morgan fingerprint density at radius 3 is 2.74 bits per heavy atom. The summed E-state index contributed by atoms with van der Waals surface area (Å²) in [6, 6.07) is 10.7. The fourth-order valence-electron chi connectivity index (χ4n) is 4.82. The zero-order valence-electron chi connectivity index (χ0n) is 15.5. The summed E-state index contributed by atoms with van der Waals surface area (Å²) in [6.07, 6.45) is 6.54. The molecule has 2 atom stereocenters. The topological polar surface area (TPSA) is 52.6 Å². The monoisotopic (exact) mass is 363 g/mol. The summed E-state index contributed by atoms with van der Waals surface area (Å²) in [5.74, 6) is 1.65. The van der Waals surface area contributed by atoms with Crippen LogP contribution in [0.15, 0.2) is 42.7 Å². The Hall–Kier alpha value is -2.47. The van der Waals surface area contributed by atoms with Gasteiger partial charge in [-0.3, -0.25) is 9.69 Å². The van der Waals surface area contributed by atoms with Gasteiger partial charge >= 0.3 is 0 Å². The molecule has 1 aromatic carbocycles. The van der Waals surface area contributed by atoms with Gasteiger partial charge in [-0.25, -0.2) is 9.97 Å². The van der Waals surface area contributed by atoms with Gasteiger partial charge in [0.15, 0.2) is 0 Å².